The lowest BCUT2D eigenvalue weighted by molar-refractivity contribution is -0.121. The summed E-state index contributed by atoms with van der Waals surface area (Å²) in [7, 11) is 2.97. The lowest BCUT2D eigenvalue weighted by Crippen LogP contribution is -2.47. The summed E-state index contributed by atoms with van der Waals surface area (Å²) in [4.78, 5) is 30.4. The van der Waals surface area contributed by atoms with E-state index in [1.807, 2.05) is 18.7 Å². The number of hydrogen-bond donors (Lipinski definition) is 0. The molecule has 1 saturated heterocycles. The third kappa shape index (κ3) is 3.82. The molecule has 32 heavy (non-hydrogen) atoms. The summed E-state index contributed by atoms with van der Waals surface area (Å²) < 4.78 is 30.1. The predicted octanol–water partition coefficient (Wildman–Crippen LogP) is 3.24. The number of anilines is 1. The number of methoxy groups -OCH3 is 2. The third-order valence-electron chi connectivity index (χ3n) is 5.56. The van der Waals surface area contributed by atoms with Gasteiger partial charge in [-0.15, -0.1) is 0 Å². The van der Waals surface area contributed by atoms with Gasteiger partial charge in [0.2, 0.25) is 0 Å². The number of carbonyl (C=O) groups excluding carboxylic acids is 2. The van der Waals surface area contributed by atoms with Gasteiger partial charge in [0.1, 0.15) is 23.0 Å². The van der Waals surface area contributed by atoms with Gasteiger partial charge in [0, 0.05) is 19.2 Å². The Kier molecular flexibility index (Phi) is 5.88. The molecule has 0 spiro atoms. The van der Waals surface area contributed by atoms with Crippen LogP contribution >= 0.6 is 0 Å². The molecular weight excluding hydrogens is 415 g/mol. The second kappa shape index (κ2) is 8.63. The van der Waals surface area contributed by atoms with E-state index in [0.29, 0.717) is 30.2 Å². The van der Waals surface area contributed by atoms with Crippen molar-refractivity contribution in [3.63, 3.8) is 0 Å². The first-order chi connectivity index (χ1) is 15.3. The van der Waals surface area contributed by atoms with E-state index < -0.39 is 17.6 Å². The van der Waals surface area contributed by atoms with Gasteiger partial charge in [-0.05, 0) is 43.7 Å². The van der Waals surface area contributed by atoms with Gasteiger partial charge in [-0.2, -0.15) is 0 Å². The molecule has 2 aliphatic heterocycles. The summed E-state index contributed by atoms with van der Waals surface area (Å²) in [5, 5.41) is 0. The van der Waals surface area contributed by atoms with Crippen molar-refractivity contribution in [2.45, 2.75) is 26.1 Å². The van der Waals surface area contributed by atoms with Gasteiger partial charge in [-0.3, -0.25) is 9.59 Å². The Balaban J connectivity index is 1.86. The van der Waals surface area contributed by atoms with Crippen molar-refractivity contribution in [2.75, 3.05) is 32.2 Å². The highest BCUT2D eigenvalue weighted by Crippen LogP contribution is 2.40. The standard InChI is InChI=1S/C24H25FN2O5/c1-14-12-26(13-15(2)32-14)22-21(16-5-7-17(25)8-6-16)23(28)27(24(22)29)19-11-18(30-3)9-10-20(19)31-4/h5-11,14-15H,12-13H2,1-4H3. The van der Waals surface area contributed by atoms with Crippen molar-refractivity contribution in [3.8, 4) is 11.5 Å². The maximum Gasteiger partial charge on any atom is 0.282 e. The fraction of sp³-hybridized carbons (Fsp3) is 0.333. The molecule has 0 aliphatic carbocycles. The second-order valence-corrected chi connectivity index (χ2v) is 7.88. The van der Waals surface area contributed by atoms with Crippen LogP contribution in [0.25, 0.3) is 5.57 Å². The Bertz CT molecular complexity index is 1070. The molecule has 0 bridgehead atoms. The molecule has 0 N–H and O–H groups in total. The van der Waals surface area contributed by atoms with E-state index >= 15 is 0 Å². The highest BCUT2D eigenvalue weighted by molar-refractivity contribution is 6.45. The molecule has 2 atom stereocenters. The lowest BCUT2D eigenvalue weighted by atomic mass is 10.0. The van der Waals surface area contributed by atoms with Gasteiger partial charge in [0.05, 0.1) is 37.7 Å². The first kappa shape index (κ1) is 21.8. The SMILES string of the molecule is COc1ccc(OC)c(N2C(=O)C(c3ccc(F)cc3)=C(N3CC(C)OC(C)C3)C2=O)c1. The lowest BCUT2D eigenvalue weighted by Gasteiger charge is -2.37. The molecule has 2 heterocycles. The van der Waals surface area contributed by atoms with Gasteiger partial charge >= 0.3 is 0 Å². The van der Waals surface area contributed by atoms with E-state index in [4.69, 9.17) is 14.2 Å². The van der Waals surface area contributed by atoms with Crippen molar-refractivity contribution >= 4 is 23.1 Å². The number of benzene rings is 2. The van der Waals surface area contributed by atoms with E-state index in [1.54, 1.807) is 18.2 Å². The van der Waals surface area contributed by atoms with Crippen LogP contribution in [-0.2, 0) is 14.3 Å². The van der Waals surface area contributed by atoms with Crippen molar-refractivity contribution in [1.29, 1.82) is 0 Å². The van der Waals surface area contributed by atoms with E-state index in [1.165, 1.54) is 38.5 Å². The normalized spacial score (nSPS) is 21.4. The van der Waals surface area contributed by atoms with Gasteiger partial charge in [0.25, 0.3) is 11.8 Å². The molecule has 8 heteroatoms. The minimum Gasteiger partial charge on any atom is -0.497 e. The van der Waals surface area contributed by atoms with E-state index in [2.05, 4.69) is 0 Å². The predicted molar refractivity (Wildman–Crippen MR) is 117 cm³/mol. The van der Waals surface area contributed by atoms with Gasteiger partial charge in [-0.1, -0.05) is 12.1 Å². The summed E-state index contributed by atoms with van der Waals surface area (Å²) in [6, 6.07) is 10.5. The molecule has 0 saturated carbocycles. The van der Waals surface area contributed by atoms with Crippen LogP contribution in [0, 0.1) is 5.82 Å². The first-order valence-corrected chi connectivity index (χ1v) is 10.4. The minimum absolute atomic E-state index is 0.121. The molecule has 2 amide bonds. The molecule has 2 unspecified atom stereocenters. The maximum absolute atomic E-state index is 13.7. The quantitative estimate of drug-likeness (QED) is 0.665. The fourth-order valence-corrected chi connectivity index (χ4v) is 4.24. The van der Waals surface area contributed by atoms with Gasteiger partial charge in [-0.25, -0.2) is 9.29 Å². The molecule has 168 valence electrons. The smallest absolute Gasteiger partial charge is 0.282 e. The molecule has 4 rings (SSSR count). The highest BCUT2D eigenvalue weighted by atomic mass is 19.1. The zero-order chi connectivity index (χ0) is 23.0. The number of nitrogens with zero attached hydrogens (tertiary/aromatic N) is 2. The molecule has 7 nitrogen and oxygen atoms in total. The Morgan fingerprint density at radius 3 is 2.19 bits per heavy atom. The molecule has 2 aromatic rings. The largest absolute Gasteiger partial charge is 0.497 e. The van der Waals surface area contributed by atoms with Crippen molar-refractivity contribution in [3.05, 3.63) is 59.5 Å². The molecule has 1 fully saturated rings. The Labute approximate surface area is 186 Å². The van der Waals surface area contributed by atoms with Crippen LogP contribution < -0.4 is 14.4 Å². The fourth-order valence-electron chi connectivity index (χ4n) is 4.24. The number of halogens is 1. The van der Waals surface area contributed by atoms with Crippen molar-refractivity contribution < 1.29 is 28.2 Å². The Morgan fingerprint density at radius 2 is 1.59 bits per heavy atom. The molecule has 2 aliphatic rings. The average molecular weight is 440 g/mol. The number of rotatable bonds is 5. The zero-order valence-corrected chi connectivity index (χ0v) is 18.4. The van der Waals surface area contributed by atoms with Crippen molar-refractivity contribution in [2.24, 2.45) is 0 Å². The minimum atomic E-state index is -0.505. The van der Waals surface area contributed by atoms with E-state index in [0.717, 1.165) is 4.90 Å². The second-order valence-electron chi connectivity index (χ2n) is 7.88. The van der Waals surface area contributed by atoms with Crippen LogP contribution in [-0.4, -0.2) is 56.2 Å². The molecule has 0 radical (unpaired) electrons. The summed E-state index contributed by atoms with van der Waals surface area (Å²) in [6.07, 6.45) is -0.243. The third-order valence-corrected chi connectivity index (χ3v) is 5.56. The topological polar surface area (TPSA) is 68.3 Å². The van der Waals surface area contributed by atoms with Crippen LogP contribution in [0.5, 0.6) is 11.5 Å². The monoisotopic (exact) mass is 440 g/mol. The van der Waals surface area contributed by atoms with Crippen LogP contribution in [0.3, 0.4) is 0 Å². The number of hydrogen-bond acceptors (Lipinski definition) is 6. The maximum atomic E-state index is 13.7. The average Bonchev–Trinajstić information content (AvgIpc) is 3.03. The van der Waals surface area contributed by atoms with E-state index in [9.17, 15) is 14.0 Å². The van der Waals surface area contributed by atoms with Gasteiger partial charge in [0.15, 0.2) is 0 Å². The summed E-state index contributed by atoms with van der Waals surface area (Å²) in [5.41, 5.74) is 1.25. The van der Waals surface area contributed by atoms with Gasteiger partial charge < -0.3 is 19.1 Å². The summed E-state index contributed by atoms with van der Waals surface area (Å²) >= 11 is 0. The number of ether oxygens (including phenoxy) is 3. The van der Waals surface area contributed by atoms with Crippen molar-refractivity contribution in [1.82, 2.24) is 4.90 Å². The van der Waals surface area contributed by atoms with Crippen LogP contribution in [0.1, 0.15) is 19.4 Å². The number of morpholine rings is 1. The number of amides is 2. The van der Waals surface area contributed by atoms with Crippen LogP contribution in [0.2, 0.25) is 0 Å². The highest BCUT2D eigenvalue weighted by Gasteiger charge is 2.44. The summed E-state index contributed by atoms with van der Waals surface area (Å²) in [5.74, 6) is -0.563. The van der Waals surface area contributed by atoms with Crippen LogP contribution in [0.4, 0.5) is 10.1 Å². The zero-order valence-electron chi connectivity index (χ0n) is 18.4. The molecule has 2 aromatic carbocycles. The Hall–Kier alpha value is -3.39. The number of carbonyl (C=O) groups is 2. The molecular formula is C24H25FN2O5. The summed E-state index contributed by atoms with van der Waals surface area (Å²) in [6.45, 7) is 4.74. The van der Waals surface area contributed by atoms with E-state index in [-0.39, 0.29) is 29.2 Å². The first-order valence-electron chi connectivity index (χ1n) is 10.4. The number of imide groups is 1. The molecule has 0 aromatic heterocycles. The van der Waals surface area contributed by atoms with Crippen LogP contribution in [0.15, 0.2) is 48.2 Å². The Morgan fingerprint density at radius 1 is 0.938 bits per heavy atom.